The molecule has 5 heteroatoms. The molecule has 5 rings (SSSR count). The Bertz CT molecular complexity index is 893. The maximum Gasteiger partial charge on any atom is 0.280 e. The SMILES string of the molecule is O=C(c1cc(-c2cccs2)on1)N1CC2(CC2)c2ccccc21. The fraction of sp³-hybridized carbons (Fsp3) is 0.222. The number of anilines is 1. The number of para-hydroxylation sites is 1. The number of nitrogens with zero attached hydrogens (tertiary/aromatic N) is 2. The van der Waals surface area contributed by atoms with Crippen molar-refractivity contribution < 1.29 is 9.32 Å². The first-order chi connectivity index (χ1) is 11.3. The van der Waals surface area contributed by atoms with Crippen molar-refractivity contribution >= 4 is 22.9 Å². The summed E-state index contributed by atoms with van der Waals surface area (Å²) in [4.78, 5) is 15.8. The molecule has 1 spiro atoms. The lowest BCUT2D eigenvalue weighted by atomic mass is 9.99. The molecule has 3 aromatic rings. The molecule has 0 bridgehead atoms. The highest BCUT2D eigenvalue weighted by Crippen LogP contribution is 2.56. The van der Waals surface area contributed by atoms with Crippen molar-refractivity contribution in [2.45, 2.75) is 18.3 Å². The van der Waals surface area contributed by atoms with Gasteiger partial charge in [-0.25, -0.2) is 0 Å². The van der Waals surface area contributed by atoms with Gasteiger partial charge in [0.25, 0.3) is 5.91 Å². The molecule has 4 nitrogen and oxygen atoms in total. The van der Waals surface area contributed by atoms with E-state index in [1.165, 1.54) is 5.56 Å². The van der Waals surface area contributed by atoms with Crippen LogP contribution in [0.4, 0.5) is 5.69 Å². The maximum absolute atomic E-state index is 12.9. The lowest BCUT2D eigenvalue weighted by Gasteiger charge is -2.15. The second kappa shape index (κ2) is 4.55. The minimum Gasteiger partial charge on any atom is -0.355 e. The molecule has 2 aliphatic rings. The summed E-state index contributed by atoms with van der Waals surface area (Å²) in [6.07, 6.45) is 2.32. The van der Waals surface area contributed by atoms with E-state index in [-0.39, 0.29) is 11.3 Å². The van der Waals surface area contributed by atoms with Gasteiger partial charge in [-0.05, 0) is 35.9 Å². The third-order valence-corrected chi connectivity index (χ3v) is 5.70. The highest BCUT2D eigenvalue weighted by Gasteiger charge is 2.53. The lowest BCUT2D eigenvalue weighted by Crippen LogP contribution is -2.31. The molecule has 1 fully saturated rings. The maximum atomic E-state index is 12.9. The van der Waals surface area contributed by atoms with Crippen molar-refractivity contribution in [3.8, 4) is 10.6 Å². The summed E-state index contributed by atoms with van der Waals surface area (Å²) in [6.45, 7) is 0.756. The molecule has 1 aliphatic carbocycles. The summed E-state index contributed by atoms with van der Waals surface area (Å²) in [5.41, 5.74) is 2.89. The van der Waals surface area contributed by atoms with Crippen LogP contribution in [0.5, 0.6) is 0 Å². The topological polar surface area (TPSA) is 46.3 Å². The number of hydrogen-bond donors (Lipinski definition) is 0. The molecule has 23 heavy (non-hydrogen) atoms. The van der Waals surface area contributed by atoms with Crippen LogP contribution in [0.15, 0.2) is 52.4 Å². The number of aromatic nitrogens is 1. The van der Waals surface area contributed by atoms with Crippen LogP contribution in [0.2, 0.25) is 0 Å². The van der Waals surface area contributed by atoms with Gasteiger partial charge in [-0.1, -0.05) is 29.4 Å². The van der Waals surface area contributed by atoms with Gasteiger partial charge in [-0.3, -0.25) is 4.79 Å². The molecule has 0 N–H and O–H groups in total. The Morgan fingerprint density at radius 1 is 1.22 bits per heavy atom. The molecule has 114 valence electrons. The van der Waals surface area contributed by atoms with Gasteiger partial charge in [-0.15, -0.1) is 11.3 Å². The Morgan fingerprint density at radius 3 is 2.87 bits per heavy atom. The number of carbonyl (C=O) groups is 1. The van der Waals surface area contributed by atoms with Crippen molar-refractivity contribution in [1.82, 2.24) is 5.16 Å². The van der Waals surface area contributed by atoms with E-state index in [2.05, 4.69) is 17.3 Å². The Hall–Kier alpha value is -2.40. The number of rotatable bonds is 2. The molecule has 0 saturated heterocycles. The van der Waals surface area contributed by atoms with Gasteiger partial charge in [0.1, 0.15) is 0 Å². The van der Waals surface area contributed by atoms with E-state index < -0.39 is 0 Å². The molecule has 1 aromatic carbocycles. The normalized spacial score (nSPS) is 17.5. The third-order valence-electron chi connectivity index (χ3n) is 4.82. The van der Waals surface area contributed by atoms with Crippen LogP contribution >= 0.6 is 11.3 Å². The predicted molar refractivity (Wildman–Crippen MR) is 88.8 cm³/mol. The van der Waals surface area contributed by atoms with Crippen LogP contribution in [0.1, 0.15) is 28.9 Å². The number of fused-ring (bicyclic) bond motifs is 2. The van der Waals surface area contributed by atoms with E-state index in [0.29, 0.717) is 11.5 Å². The summed E-state index contributed by atoms with van der Waals surface area (Å²) >= 11 is 1.57. The van der Waals surface area contributed by atoms with Crippen molar-refractivity contribution in [1.29, 1.82) is 0 Å². The molecule has 0 atom stereocenters. The van der Waals surface area contributed by atoms with Crippen molar-refractivity contribution in [3.63, 3.8) is 0 Å². The molecular weight excluding hydrogens is 308 g/mol. The third kappa shape index (κ3) is 1.90. The van der Waals surface area contributed by atoms with E-state index in [1.807, 2.05) is 34.5 Å². The molecule has 2 aromatic heterocycles. The van der Waals surface area contributed by atoms with Gasteiger partial charge >= 0.3 is 0 Å². The van der Waals surface area contributed by atoms with Crippen molar-refractivity contribution in [2.24, 2.45) is 0 Å². The average Bonchev–Trinajstić information content (AvgIpc) is 3.01. The zero-order chi connectivity index (χ0) is 15.4. The predicted octanol–water partition coefficient (Wildman–Crippen LogP) is 4.10. The van der Waals surface area contributed by atoms with Crippen LogP contribution in [0.3, 0.4) is 0 Å². The van der Waals surface area contributed by atoms with Crippen LogP contribution in [0, 0.1) is 0 Å². The Morgan fingerprint density at radius 2 is 2.09 bits per heavy atom. The minimum atomic E-state index is -0.0761. The minimum absolute atomic E-state index is 0.0761. The van der Waals surface area contributed by atoms with Crippen LogP contribution in [-0.4, -0.2) is 17.6 Å². The fourth-order valence-corrected chi connectivity index (χ4v) is 4.11. The van der Waals surface area contributed by atoms with Crippen LogP contribution < -0.4 is 4.90 Å². The van der Waals surface area contributed by atoms with Crippen molar-refractivity contribution in [2.75, 3.05) is 11.4 Å². The number of benzene rings is 1. The highest BCUT2D eigenvalue weighted by molar-refractivity contribution is 7.13. The summed E-state index contributed by atoms with van der Waals surface area (Å²) in [6, 6.07) is 13.9. The molecule has 1 saturated carbocycles. The average molecular weight is 322 g/mol. The molecule has 1 amide bonds. The van der Waals surface area contributed by atoms with Gasteiger partial charge in [0.05, 0.1) is 4.88 Å². The van der Waals surface area contributed by atoms with Crippen LogP contribution in [0.25, 0.3) is 10.6 Å². The zero-order valence-corrected chi connectivity index (χ0v) is 13.2. The Labute approximate surface area is 137 Å². The van der Waals surface area contributed by atoms with E-state index in [0.717, 1.165) is 30.0 Å². The lowest BCUT2D eigenvalue weighted by molar-refractivity contribution is 0.0979. The standard InChI is InChI=1S/C18H14N2O2S/c21-17(13-10-15(22-19-13)16-6-3-9-23-16)20-11-18(7-8-18)12-4-1-2-5-14(12)20/h1-6,9-10H,7-8,11H2. The van der Waals surface area contributed by atoms with E-state index in [4.69, 9.17) is 4.52 Å². The first kappa shape index (κ1) is 13.1. The highest BCUT2D eigenvalue weighted by atomic mass is 32.1. The van der Waals surface area contributed by atoms with Gasteiger partial charge in [0.15, 0.2) is 11.5 Å². The first-order valence-electron chi connectivity index (χ1n) is 7.69. The first-order valence-corrected chi connectivity index (χ1v) is 8.57. The monoisotopic (exact) mass is 322 g/mol. The van der Waals surface area contributed by atoms with Gasteiger partial charge < -0.3 is 9.42 Å². The smallest absolute Gasteiger partial charge is 0.280 e. The Kier molecular flexibility index (Phi) is 2.59. The molecular formula is C18H14N2O2S. The molecule has 0 unspecified atom stereocenters. The number of hydrogen-bond acceptors (Lipinski definition) is 4. The van der Waals surface area contributed by atoms with E-state index in [1.54, 1.807) is 17.4 Å². The van der Waals surface area contributed by atoms with Gasteiger partial charge in [0.2, 0.25) is 0 Å². The number of thiophene rings is 1. The second-order valence-corrected chi connectivity index (χ2v) is 7.19. The van der Waals surface area contributed by atoms with Crippen molar-refractivity contribution in [3.05, 3.63) is 59.1 Å². The summed E-state index contributed by atoms with van der Waals surface area (Å²) < 4.78 is 5.36. The fourth-order valence-electron chi connectivity index (χ4n) is 3.44. The number of amides is 1. The summed E-state index contributed by atoms with van der Waals surface area (Å²) in [5.74, 6) is 0.574. The van der Waals surface area contributed by atoms with E-state index >= 15 is 0 Å². The zero-order valence-electron chi connectivity index (χ0n) is 12.4. The molecule has 0 radical (unpaired) electrons. The van der Waals surface area contributed by atoms with Crippen LogP contribution in [-0.2, 0) is 5.41 Å². The van der Waals surface area contributed by atoms with E-state index in [9.17, 15) is 4.79 Å². The quantitative estimate of drug-likeness (QED) is 0.714. The van der Waals surface area contributed by atoms with Gasteiger partial charge in [-0.2, -0.15) is 0 Å². The second-order valence-electron chi connectivity index (χ2n) is 6.24. The molecule has 3 heterocycles. The summed E-state index contributed by atoms with van der Waals surface area (Å²) in [5, 5.41) is 5.98. The Balaban J connectivity index is 1.50. The number of carbonyl (C=O) groups excluding carboxylic acids is 1. The molecule has 1 aliphatic heterocycles. The largest absolute Gasteiger partial charge is 0.355 e. The summed E-state index contributed by atoms with van der Waals surface area (Å²) in [7, 11) is 0. The van der Waals surface area contributed by atoms with Gasteiger partial charge in [0, 0.05) is 23.7 Å².